The molecule has 0 atom stereocenters. The van der Waals surface area contributed by atoms with E-state index < -0.39 is 0 Å². The van der Waals surface area contributed by atoms with E-state index in [4.69, 9.17) is 9.47 Å². The van der Waals surface area contributed by atoms with Crippen LogP contribution in [0.5, 0.6) is 17.2 Å². The van der Waals surface area contributed by atoms with Crippen LogP contribution in [0.15, 0.2) is 60.7 Å². The number of aromatic nitrogens is 1. The van der Waals surface area contributed by atoms with E-state index in [1.165, 1.54) is 0 Å². The lowest BCUT2D eigenvalue weighted by Crippen LogP contribution is -2.14. The molecule has 5 heteroatoms. The molecule has 2 aromatic carbocycles. The third-order valence-corrected chi connectivity index (χ3v) is 4.50. The van der Waals surface area contributed by atoms with E-state index in [1.54, 1.807) is 0 Å². The molecule has 0 fully saturated rings. The zero-order chi connectivity index (χ0) is 21.7. The van der Waals surface area contributed by atoms with Crippen LogP contribution in [0.4, 0.5) is 5.69 Å². The van der Waals surface area contributed by atoms with E-state index >= 15 is 0 Å². The summed E-state index contributed by atoms with van der Waals surface area (Å²) in [5.74, 6) is 2.14. The van der Waals surface area contributed by atoms with E-state index in [9.17, 15) is 4.79 Å². The van der Waals surface area contributed by atoms with Gasteiger partial charge in [-0.25, -0.2) is 0 Å². The molecule has 1 heterocycles. The first kappa shape index (κ1) is 21.4. The van der Waals surface area contributed by atoms with Gasteiger partial charge in [-0.2, -0.15) is 0 Å². The van der Waals surface area contributed by atoms with Crippen LogP contribution in [-0.4, -0.2) is 17.0 Å². The van der Waals surface area contributed by atoms with Crippen LogP contribution in [0.3, 0.4) is 0 Å². The van der Waals surface area contributed by atoms with Crippen molar-refractivity contribution in [3.8, 4) is 17.2 Å². The predicted octanol–water partition coefficient (Wildman–Crippen LogP) is 6.35. The normalized spacial score (nSPS) is 10.9. The molecular formula is C25H28N2O3. The van der Waals surface area contributed by atoms with Crippen LogP contribution >= 0.6 is 0 Å². The molecule has 0 saturated heterocycles. The fourth-order valence-electron chi connectivity index (χ4n) is 2.96. The Morgan fingerprint density at radius 1 is 0.900 bits per heavy atom. The van der Waals surface area contributed by atoms with E-state index in [0.717, 1.165) is 11.4 Å². The second-order valence-corrected chi connectivity index (χ2v) is 7.72. The summed E-state index contributed by atoms with van der Waals surface area (Å²) in [6, 6.07) is 18.5. The largest absolute Gasteiger partial charge is 0.487 e. The number of carbonyl (C=O) groups is 1. The van der Waals surface area contributed by atoms with Gasteiger partial charge in [-0.1, -0.05) is 26.0 Å². The Hall–Kier alpha value is -3.34. The first-order valence-corrected chi connectivity index (χ1v) is 10.2. The maximum absolute atomic E-state index is 12.6. The van der Waals surface area contributed by atoms with Crippen molar-refractivity contribution in [2.45, 2.75) is 46.6 Å². The van der Waals surface area contributed by atoms with E-state index in [1.807, 2.05) is 81.4 Å². The lowest BCUT2D eigenvalue weighted by atomic mass is 10.1. The van der Waals surface area contributed by atoms with Gasteiger partial charge in [0.2, 0.25) is 0 Å². The standard InChI is InChI=1S/C25H28N2O3/c1-16(2)22-15-14-21(18(5)26-22)25(28)27-19-10-12-20(13-11-19)30-24-9-7-6-8-23(24)29-17(3)4/h6-17H,1-5H3,(H,27,28). The van der Waals surface area contributed by atoms with Gasteiger partial charge in [-0.15, -0.1) is 0 Å². The van der Waals surface area contributed by atoms with Crippen molar-refractivity contribution in [2.75, 3.05) is 5.32 Å². The maximum Gasteiger partial charge on any atom is 0.257 e. The number of hydrogen-bond donors (Lipinski definition) is 1. The van der Waals surface area contributed by atoms with Gasteiger partial charge < -0.3 is 14.8 Å². The maximum atomic E-state index is 12.6. The molecule has 0 bridgehead atoms. The van der Waals surface area contributed by atoms with Gasteiger partial charge in [0.05, 0.1) is 17.4 Å². The fraction of sp³-hybridized carbons (Fsp3) is 0.280. The summed E-state index contributed by atoms with van der Waals surface area (Å²) in [5.41, 5.74) is 2.96. The highest BCUT2D eigenvalue weighted by molar-refractivity contribution is 6.05. The number of pyridine rings is 1. The van der Waals surface area contributed by atoms with Crippen LogP contribution in [0.1, 0.15) is 55.4 Å². The lowest BCUT2D eigenvalue weighted by molar-refractivity contribution is 0.102. The van der Waals surface area contributed by atoms with Gasteiger partial charge in [0.1, 0.15) is 5.75 Å². The van der Waals surface area contributed by atoms with Crippen molar-refractivity contribution in [1.82, 2.24) is 4.98 Å². The Morgan fingerprint density at radius 2 is 1.57 bits per heavy atom. The SMILES string of the molecule is Cc1nc(C(C)C)ccc1C(=O)Nc1ccc(Oc2ccccc2OC(C)C)cc1. The third kappa shape index (κ3) is 5.38. The molecule has 3 aromatic rings. The molecule has 0 saturated carbocycles. The van der Waals surface area contributed by atoms with Crippen LogP contribution in [0.25, 0.3) is 0 Å². The van der Waals surface area contributed by atoms with Gasteiger partial charge in [0.15, 0.2) is 11.5 Å². The minimum absolute atomic E-state index is 0.0555. The fourth-order valence-corrected chi connectivity index (χ4v) is 2.96. The summed E-state index contributed by atoms with van der Waals surface area (Å²) >= 11 is 0. The zero-order valence-corrected chi connectivity index (χ0v) is 18.1. The minimum Gasteiger partial charge on any atom is -0.487 e. The molecule has 0 aliphatic heterocycles. The Kier molecular flexibility index (Phi) is 6.72. The van der Waals surface area contributed by atoms with E-state index in [-0.39, 0.29) is 12.0 Å². The van der Waals surface area contributed by atoms with Crippen molar-refractivity contribution < 1.29 is 14.3 Å². The number of ether oxygens (including phenoxy) is 2. The molecule has 1 amide bonds. The molecule has 5 nitrogen and oxygen atoms in total. The van der Waals surface area contributed by atoms with E-state index in [2.05, 4.69) is 24.1 Å². The Balaban J connectivity index is 1.69. The molecular weight excluding hydrogens is 376 g/mol. The molecule has 156 valence electrons. The number of amides is 1. The number of carbonyl (C=O) groups excluding carboxylic acids is 1. The number of rotatable bonds is 7. The topological polar surface area (TPSA) is 60.5 Å². The summed E-state index contributed by atoms with van der Waals surface area (Å²) in [7, 11) is 0. The van der Waals surface area contributed by atoms with Gasteiger partial charge in [-0.3, -0.25) is 9.78 Å². The summed E-state index contributed by atoms with van der Waals surface area (Å²) in [6.45, 7) is 9.97. The number of nitrogens with zero attached hydrogens (tertiary/aromatic N) is 1. The quantitative estimate of drug-likeness (QED) is 0.499. The Bertz CT molecular complexity index is 1010. The van der Waals surface area contributed by atoms with Crippen molar-refractivity contribution in [3.05, 3.63) is 77.6 Å². The molecule has 1 aromatic heterocycles. The molecule has 1 N–H and O–H groups in total. The molecule has 0 unspecified atom stereocenters. The van der Waals surface area contributed by atoms with Crippen LogP contribution in [-0.2, 0) is 0 Å². The molecule has 30 heavy (non-hydrogen) atoms. The van der Waals surface area contributed by atoms with Crippen molar-refractivity contribution in [2.24, 2.45) is 0 Å². The average molecular weight is 405 g/mol. The molecule has 0 aliphatic rings. The number of para-hydroxylation sites is 2. The predicted molar refractivity (Wildman–Crippen MR) is 120 cm³/mol. The highest BCUT2D eigenvalue weighted by Crippen LogP contribution is 2.32. The number of aryl methyl sites for hydroxylation is 1. The van der Waals surface area contributed by atoms with Gasteiger partial charge >= 0.3 is 0 Å². The summed E-state index contributed by atoms with van der Waals surface area (Å²) in [5, 5.41) is 2.92. The van der Waals surface area contributed by atoms with Crippen LogP contribution in [0, 0.1) is 6.92 Å². The minimum atomic E-state index is -0.181. The van der Waals surface area contributed by atoms with Gasteiger partial charge in [-0.05, 0) is 75.2 Å². The summed E-state index contributed by atoms with van der Waals surface area (Å²) < 4.78 is 11.8. The highest BCUT2D eigenvalue weighted by Gasteiger charge is 2.13. The van der Waals surface area contributed by atoms with Crippen molar-refractivity contribution in [1.29, 1.82) is 0 Å². The monoisotopic (exact) mass is 404 g/mol. The number of nitrogens with one attached hydrogen (secondary N) is 1. The van der Waals surface area contributed by atoms with Crippen LogP contribution in [0.2, 0.25) is 0 Å². The molecule has 0 spiro atoms. The second-order valence-electron chi connectivity index (χ2n) is 7.72. The van der Waals surface area contributed by atoms with E-state index in [0.29, 0.717) is 34.4 Å². The zero-order valence-electron chi connectivity index (χ0n) is 18.1. The number of benzene rings is 2. The highest BCUT2D eigenvalue weighted by atomic mass is 16.5. The summed E-state index contributed by atoms with van der Waals surface area (Å²) in [6.07, 6.45) is 0.0555. The lowest BCUT2D eigenvalue weighted by Gasteiger charge is -2.15. The van der Waals surface area contributed by atoms with Crippen molar-refractivity contribution in [3.63, 3.8) is 0 Å². The Morgan fingerprint density at radius 3 is 2.17 bits per heavy atom. The Labute approximate surface area is 178 Å². The van der Waals surface area contributed by atoms with Crippen LogP contribution < -0.4 is 14.8 Å². The van der Waals surface area contributed by atoms with Gasteiger partial charge in [0.25, 0.3) is 5.91 Å². The molecule has 0 aliphatic carbocycles. The average Bonchev–Trinajstić information content (AvgIpc) is 2.70. The molecule has 0 radical (unpaired) electrons. The first-order valence-electron chi connectivity index (χ1n) is 10.2. The third-order valence-electron chi connectivity index (χ3n) is 4.50. The smallest absolute Gasteiger partial charge is 0.257 e. The van der Waals surface area contributed by atoms with Gasteiger partial charge in [0, 0.05) is 11.4 Å². The second kappa shape index (κ2) is 9.44. The van der Waals surface area contributed by atoms with Crippen molar-refractivity contribution >= 4 is 11.6 Å². The molecule has 3 rings (SSSR count). The summed E-state index contributed by atoms with van der Waals surface area (Å²) in [4.78, 5) is 17.2. The number of anilines is 1. The number of hydrogen-bond acceptors (Lipinski definition) is 4. The first-order chi connectivity index (χ1) is 14.3.